The molecule has 1 heterocycles. The van der Waals surface area contributed by atoms with E-state index in [1.165, 1.54) is 11.6 Å². The number of hydrogen-bond acceptors (Lipinski definition) is 4. The molecule has 106 valence electrons. The molecule has 2 rings (SSSR count). The zero-order valence-corrected chi connectivity index (χ0v) is 11.8. The Kier molecular flexibility index (Phi) is 3.43. The Hall–Kier alpha value is -1.72. The Bertz CT molecular complexity index is 596. The Morgan fingerprint density at radius 3 is 2.53 bits per heavy atom. The van der Waals surface area contributed by atoms with Crippen molar-refractivity contribution >= 4 is 11.5 Å². The van der Waals surface area contributed by atoms with Crippen LogP contribution >= 0.6 is 0 Å². The smallest absolute Gasteiger partial charge is 0.332 e. The van der Waals surface area contributed by atoms with Gasteiger partial charge in [-0.15, -0.1) is 0 Å². The van der Waals surface area contributed by atoms with Gasteiger partial charge in [-0.05, 0) is 24.7 Å². The molecule has 0 amide bonds. The normalized spacial score (nSPS) is 16.4. The molecule has 3 N–H and O–H groups in total. The summed E-state index contributed by atoms with van der Waals surface area (Å²) >= 11 is 0. The third-order valence-electron chi connectivity index (χ3n) is 3.83. The molecule has 0 unspecified atom stereocenters. The highest BCUT2D eigenvalue weighted by Gasteiger charge is 2.37. The topological polar surface area (TPSA) is 82.0 Å². The third-order valence-corrected chi connectivity index (χ3v) is 3.83. The van der Waals surface area contributed by atoms with Gasteiger partial charge in [0.2, 0.25) is 0 Å². The van der Waals surface area contributed by atoms with Gasteiger partial charge in [0.15, 0.2) is 0 Å². The number of nitrogens with two attached hydrogens (primary N) is 1. The molecule has 0 bridgehead atoms. The molecular weight excluding hydrogens is 244 g/mol. The van der Waals surface area contributed by atoms with Crippen LogP contribution in [0.3, 0.4) is 0 Å². The Morgan fingerprint density at radius 1 is 1.37 bits per heavy atom. The number of aromatic nitrogens is 2. The fourth-order valence-corrected chi connectivity index (χ4v) is 2.08. The predicted octanol–water partition coefficient (Wildman–Crippen LogP) is 0.751. The summed E-state index contributed by atoms with van der Waals surface area (Å²) in [4.78, 5) is 24.1. The van der Waals surface area contributed by atoms with E-state index in [9.17, 15) is 9.59 Å². The van der Waals surface area contributed by atoms with Crippen molar-refractivity contribution < 1.29 is 0 Å². The molecule has 1 fully saturated rings. The van der Waals surface area contributed by atoms with Gasteiger partial charge in [-0.2, -0.15) is 0 Å². The SMILES string of the molecule is CCCn1c(N)c(NCC2(C)CC2)c(=O)n(C)c1=O. The molecule has 1 aromatic rings. The largest absolute Gasteiger partial charge is 0.383 e. The fourth-order valence-electron chi connectivity index (χ4n) is 2.08. The Labute approximate surface area is 112 Å². The van der Waals surface area contributed by atoms with Crippen molar-refractivity contribution in [2.75, 3.05) is 17.6 Å². The average Bonchev–Trinajstić information content (AvgIpc) is 3.10. The van der Waals surface area contributed by atoms with Gasteiger partial charge in [0.1, 0.15) is 11.5 Å². The molecular formula is C13H22N4O2. The summed E-state index contributed by atoms with van der Waals surface area (Å²) in [5, 5.41) is 3.13. The first-order chi connectivity index (χ1) is 8.89. The minimum Gasteiger partial charge on any atom is -0.383 e. The van der Waals surface area contributed by atoms with Gasteiger partial charge in [-0.3, -0.25) is 13.9 Å². The fraction of sp³-hybridized carbons (Fsp3) is 0.692. The van der Waals surface area contributed by atoms with Crippen molar-refractivity contribution in [3.05, 3.63) is 20.8 Å². The lowest BCUT2D eigenvalue weighted by atomic mass is 10.1. The van der Waals surface area contributed by atoms with Crippen molar-refractivity contribution in [3.63, 3.8) is 0 Å². The number of nitrogens with one attached hydrogen (secondary N) is 1. The first kappa shape index (κ1) is 13.7. The quantitative estimate of drug-likeness (QED) is 0.824. The zero-order chi connectivity index (χ0) is 14.2. The first-order valence-corrected chi connectivity index (χ1v) is 6.73. The number of anilines is 2. The average molecular weight is 266 g/mol. The first-order valence-electron chi connectivity index (χ1n) is 6.73. The van der Waals surface area contributed by atoms with Crippen LogP contribution < -0.4 is 22.3 Å². The van der Waals surface area contributed by atoms with Crippen LogP contribution in [0.1, 0.15) is 33.1 Å². The second-order valence-corrected chi connectivity index (χ2v) is 5.72. The maximum Gasteiger partial charge on any atom is 0.332 e. The van der Waals surface area contributed by atoms with Gasteiger partial charge in [0.05, 0.1) is 0 Å². The van der Waals surface area contributed by atoms with Crippen LogP contribution in [-0.2, 0) is 13.6 Å². The number of nitrogen functional groups attached to an aromatic ring is 1. The van der Waals surface area contributed by atoms with E-state index in [2.05, 4.69) is 12.2 Å². The van der Waals surface area contributed by atoms with E-state index in [1.807, 2.05) is 6.92 Å². The predicted molar refractivity (Wildman–Crippen MR) is 76.5 cm³/mol. The zero-order valence-electron chi connectivity index (χ0n) is 11.8. The van der Waals surface area contributed by atoms with E-state index >= 15 is 0 Å². The third kappa shape index (κ3) is 2.52. The minimum absolute atomic E-state index is 0.249. The van der Waals surface area contributed by atoms with Gasteiger partial charge in [0, 0.05) is 20.1 Å². The van der Waals surface area contributed by atoms with E-state index in [0.29, 0.717) is 12.2 Å². The van der Waals surface area contributed by atoms with Crippen molar-refractivity contribution in [2.24, 2.45) is 12.5 Å². The van der Waals surface area contributed by atoms with Crippen molar-refractivity contribution in [1.29, 1.82) is 0 Å². The van der Waals surface area contributed by atoms with Crippen LogP contribution in [0, 0.1) is 5.41 Å². The summed E-state index contributed by atoms with van der Waals surface area (Å²) in [6, 6.07) is 0. The second-order valence-electron chi connectivity index (χ2n) is 5.72. The van der Waals surface area contributed by atoms with Gasteiger partial charge in [-0.1, -0.05) is 13.8 Å². The van der Waals surface area contributed by atoms with E-state index in [0.717, 1.165) is 30.4 Å². The summed E-state index contributed by atoms with van der Waals surface area (Å²) in [5.41, 5.74) is 5.89. The van der Waals surface area contributed by atoms with E-state index in [-0.39, 0.29) is 22.5 Å². The molecule has 6 heteroatoms. The number of hydrogen-bond donors (Lipinski definition) is 2. The molecule has 1 aliphatic carbocycles. The van der Waals surface area contributed by atoms with E-state index < -0.39 is 0 Å². The molecule has 19 heavy (non-hydrogen) atoms. The van der Waals surface area contributed by atoms with Crippen LogP contribution in [0.15, 0.2) is 9.59 Å². The highest BCUT2D eigenvalue weighted by atomic mass is 16.2. The molecule has 1 saturated carbocycles. The highest BCUT2D eigenvalue weighted by Crippen LogP contribution is 2.44. The van der Waals surface area contributed by atoms with Crippen LogP contribution in [0.4, 0.5) is 11.5 Å². The van der Waals surface area contributed by atoms with E-state index in [4.69, 9.17) is 5.73 Å². The molecule has 1 aromatic heterocycles. The maximum atomic E-state index is 12.1. The van der Waals surface area contributed by atoms with E-state index in [1.54, 1.807) is 0 Å². The molecule has 0 radical (unpaired) electrons. The summed E-state index contributed by atoms with van der Waals surface area (Å²) in [7, 11) is 1.49. The molecule has 0 saturated heterocycles. The summed E-state index contributed by atoms with van der Waals surface area (Å²) in [6.07, 6.45) is 3.11. The standard InChI is InChI=1S/C13H22N4O2/c1-4-7-17-10(14)9(11(18)16(3)12(17)19)15-8-13(2)5-6-13/h15H,4-8,14H2,1-3H3. The van der Waals surface area contributed by atoms with Gasteiger partial charge in [-0.25, -0.2) is 4.79 Å². The molecule has 6 nitrogen and oxygen atoms in total. The van der Waals surface area contributed by atoms with Crippen LogP contribution in [-0.4, -0.2) is 15.7 Å². The van der Waals surface area contributed by atoms with Gasteiger partial charge >= 0.3 is 5.69 Å². The number of nitrogens with zero attached hydrogens (tertiary/aromatic N) is 2. The lowest BCUT2D eigenvalue weighted by Crippen LogP contribution is -2.41. The highest BCUT2D eigenvalue weighted by molar-refractivity contribution is 5.60. The molecule has 0 atom stereocenters. The lowest BCUT2D eigenvalue weighted by molar-refractivity contribution is 0.590. The van der Waals surface area contributed by atoms with Crippen LogP contribution in [0.25, 0.3) is 0 Å². The molecule has 0 aromatic carbocycles. The lowest BCUT2D eigenvalue weighted by Gasteiger charge is -2.17. The summed E-state index contributed by atoms with van der Waals surface area (Å²) in [6.45, 7) is 5.37. The summed E-state index contributed by atoms with van der Waals surface area (Å²) in [5.74, 6) is 0.249. The van der Waals surface area contributed by atoms with Gasteiger partial charge in [0.25, 0.3) is 5.56 Å². The van der Waals surface area contributed by atoms with Crippen molar-refractivity contribution in [2.45, 2.75) is 39.7 Å². The van der Waals surface area contributed by atoms with Crippen molar-refractivity contribution in [1.82, 2.24) is 9.13 Å². The van der Waals surface area contributed by atoms with Crippen LogP contribution in [0.5, 0.6) is 0 Å². The maximum absolute atomic E-state index is 12.1. The monoisotopic (exact) mass is 266 g/mol. The molecule has 0 aliphatic heterocycles. The molecule has 1 aliphatic rings. The molecule has 0 spiro atoms. The summed E-state index contributed by atoms with van der Waals surface area (Å²) < 4.78 is 2.57. The number of rotatable bonds is 5. The second kappa shape index (κ2) is 4.75. The minimum atomic E-state index is -0.354. The van der Waals surface area contributed by atoms with Crippen molar-refractivity contribution in [3.8, 4) is 0 Å². The Balaban J connectivity index is 2.41. The van der Waals surface area contributed by atoms with Gasteiger partial charge < -0.3 is 11.1 Å². The Morgan fingerprint density at radius 2 is 2.00 bits per heavy atom. The van der Waals surface area contributed by atoms with Crippen LogP contribution in [0.2, 0.25) is 0 Å².